The molecule has 1 amide bonds. The number of rotatable bonds is 5. The van der Waals surface area contributed by atoms with E-state index < -0.39 is 23.5 Å². The number of carboxylic acid groups (broad SMARTS) is 1. The zero-order chi connectivity index (χ0) is 20.4. The third kappa shape index (κ3) is 3.61. The molecule has 8 nitrogen and oxygen atoms in total. The molecule has 0 spiro atoms. The summed E-state index contributed by atoms with van der Waals surface area (Å²) in [5.41, 5.74) is 5.45. The van der Waals surface area contributed by atoms with Crippen LogP contribution in [-0.4, -0.2) is 25.7 Å². The molecule has 0 radical (unpaired) electrons. The van der Waals surface area contributed by atoms with Crippen molar-refractivity contribution in [3.8, 4) is 5.69 Å². The Bertz CT molecular complexity index is 1100. The highest BCUT2D eigenvalue weighted by Crippen LogP contribution is 2.26. The smallest absolute Gasteiger partial charge is 0.405 e. The topological polar surface area (TPSA) is 123 Å². The molecule has 0 aliphatic rings. The van der Waals surface area contributed by atoms with Gasteiger partial charge in [-0.05, 0) is 30.7 Å². The minimum atomic E-state index is -1.26. The van der Waals surface area contributed by atoms with Crippen LogP contribution in [0.1, 0.15) is 31.6 Å². The Morgan fingerprint density at radius 3 is 2.75 bits per heavy atom. The number of hydrogen-bond acceptors (Lipinski definition) is 5. The SMILES string of the molecule is CCCC(NC(=O)O)c1nc2ccc(F)c(Cl)c2c(=O)n1-c1ccc(N)nc1. The summed E-state index contributed by atoms with van der Waals surface area (Å²) < 4.78 is 15.1. The van der Waals surface area contributed by atoms with Gasteiger partial charge in [0.2, 0.25) is 0 Å². The molecular formula is C18H17ClFN5O3. The maximum absolute atomic E-state index is 13.9. The predicted molar refractivity (Wildman–Crippen MR) is 103 cm³/mol. The first-order chi connectivity index (χ1) is 13.3. The number of nitrogens with zero attached hydrogens (tertiary/aromatic N) is 3. The highest BCUT2D eigenvalue weighted by molar-refractivity contribution is 6.35. The first-order valence-electron chi connectivity index (χ1n) is 8.45. The summed E-state index contributed by atoms with van der Waals surface area (Å²) in [6, 6.07) is 4.69. The molecule has 0 bridgehead atoms. The molecule has 1 atom stereocenters. The minimum Gasteiger partial charge on any atom is -0.465 e. The van der Waals surface area contributed by atoms with Gasteiger partial charge in [-0.3, -0.25) is 9.36 Å². The third-order valence-corrected chi connectivity index (χ3v) is 4.54. The number of nitrogen functional groups attached to an aromatic ring is 1. The minimum absolute atomic E-state index is 0.104. The monoisotopic (exact) mass is 405 g/mol. The van der Waals surface area contributed by atoms with E-state index in [1.165, 1.54) is 29.0 Å². The Kier molecular flexibility index (Phi) is 5.46. The van der Waals surface area contributed by atoms with E-state index in [9.17, 15) is 19.1 Å². The molecule has 0 aliphatic carbocycles. The molecule has 28 heavy (non-hydrogen) atoms. The van der Waals surface area contributed by atoms with Gasteiger partial charge >= 0.3 is 6.09 Å². The molecule has 1 unspecified atom stereocenters. The molecule has 0 saturated carbocycles. The summed E-state index contributed by atoms with van der Waals surface area (Å²) in [5.74, 6) is -0.363. The Balaban J connectivity index is 2.39. The Hall–Kier alpha value is -3.20. The number of halogens is 2. The van der Waals surface area contributed by atoms with Crippen molar-refractivity contribution in [3.05, 3.63) is 57.5 Å². The average molecular weight is 406 g/mol. The molecule has 10 heteroatoms. The lowest BCUT2D eigenvalue weighted by molar-refractivity contribution is 0.188. The van der Waals surface area contributed by atoms with Crippen LogP contribution in [0.25, 0.3) is 16.6 Å². The van der Waals surface area contributed by atoms with Gasteiger partial charge in [0, 0.05) is 0 Å². The molecule has 0 saturated heterocycles. The summed E-state index contributed by atoms with van der Waals surface area (Å²) in [7, 11) is 0. The van der Waals surface area contributed by atoms with Gasteiger partial charge in [-0.2, -0.15) is 0 Å². The van der Waals surface area contributed by atoms with Gasteiger partial charge in [0.05, 0.1) is 33.9 Å². The third-order valence-electron chi connectivity index (χ3n) is 4.17. The maximum atomic E-state index is 13.9. The first kappa shape index (κ1) is 19.6. The zero-order valence-electron chi connectivity index (χ0n) is 14.8. The summed E-state index contributed by atoms with van der Waals surface area (Å²) in [4.78, 5) is 32.9. The van der Waals surface area contributed by atoms with Crippen molar-refractivity contribution in [2.75, 3.05) is 5.73 Å². The zero-order valence-corrected chi connectivity index (χ0v) is 15.6. The van der Waals surface area contributed by atoms with E-state index in [0.717, 1.165) is 6.07 Å². The van der Waals surface area contributed by atoms with E-state index in [1.54, 1.807) is 0 Å². The quantitative estimate of drug-likeness (QED) is 0.598. The fourth-order valence-electron chi connectivity index (χ4n) is 2.94. The number of amides is 1. The summed E-state index contributed by atoms with van der Waals surface area (Å²) in [6.07, 6.45) is 1.11. The average Bonchev–Trinajstić information content (AvgIpc) is 2.64. The molecule has 1 aromatic carbocycles. The fraction of sp³-hybridized carbons (Fsp3) is 0.222. The molecule has 3 rings (SSSR count). The summed E-state index contributed by atoms with van der Waals surface area (Å²) in [5, 5.41) is 11.1. The van der Waals surface area contributed by atoms with Gasteiger partial charge in [-0.1, -0.05) is 24.9 Å². The van der Waals surface area contributed by atoms with Crippen molar-refractivity contribution in [1.82, 2.24) is 19.9 Å². The number of carbonyl (C=O) groups is 1. The van der Waals surface area contributed by atoms with Crippen molar-refractivity contribution in [2.24, 2.45) is 0 Å². The number of anilines is 1. The fourth-order valence-corrected chi connectivity index (χ4v) is 3.18. The van der Waals surface area contributed by atoms with Crippen molar-refractivity contribution < 1.29 is 14.3 Å². The van der Waals surface area contributed by atoms with Gasteiger partial charge < -0.3 is 16.2 Å². The van der Waals surface area contributed by atoms with Crippen molar-refractivity contribution in [3.63, 3.8) is 0 Å². The largest absolute Gasteiger partial charge is 0.465 e. The van der Waals surface area contributed by atoms with E-state index in [-0.39, 0.29) is 27.6 Å². The lowest BCUT2D eigenvalue weighted by Crippen LogP contribution is -2.34. The summed E-state index contributed by atoms with van der Waals surface area (Å²) in [6.45, 7) is 1.87. The van der Waals surface area contributed by atoms with Gasteiger partial charge in [0.15, 0.2) is 0 Å². The first-order valence-corrected chi connectivity index (χ1v) is 8.83. The van der Waals surface area contributed by atoms with Crippen LogP contribution in [0.15, 0.2) is 35.3 Å². The Morgan fingerprint density at radius 1 is 1.39 bits per heavy atom. The van der Waals surface area contributed by atoms with Gasteiger partial charge in [-0.25, -0.2) is 19.2 Å². The van der Waals surface area contributed by atoms with E-state index >= 15 is 0 Å². The highest BCUT2D eigenvalue weighted by Gasteiger charge is 2.24. The molecule has 2 heterocycles. The molecule has 0 aliphatic heterocycles. The van der Waals surface area contributed by atoms with E-state index in [2.05, 4.69) is 15.3 Å². The van der Waals surface area contributed by atoms with Gasteiger partial charge in [-0.15, -0.1) is 0 Å². The normalized spacial score (nSPS) is 12.1. The van der Waals surface area contributed by atoms with Gasteiger partial charge in [0.1, 0.15) is 17.5 Å². The van der Waals surface area contributed by atoms with Crippen molar-refractivity contribution in [1.29, 1.82) is 0 Å². The number of benzene rings is 1. The number of nitrogens with one attached hydrogen (secondary N) is 1. The molecule has 2 aromatic heterocycles. The highest BCUT2D eigenvalue weighted by atomic mass is 35.5. The van der Waals surface area contributed by atoms with E-state index in [4.69, 9.17) is 17.3 Å². The molecule has 3 aromatic rings. The second kappa shape index (κ2) is 7.81. The van der Waals surface area contributed by atoms with Crippen LogP contribution in [0, 0.1) is 5.82 Å². The van der Waals surface area contributed by atoms with Crippen LogP contribution in [0.5, 0.6) is 0 Å². The number of fused-ring (bicyclic) bond motifs is 1. The number of pyridine rings is 1. The Labute approximate surface area is 163 Å². The predicted octanol–water partition coefficient (Wildman–Crippen LogP) is 3.26. The van der Waals surface area contributed by atoms with Crippen molar-refractivity contribution in [2.45, 2.75) is 25.8 Å². The summed E-state index contributed by atoms with van der Waals surface area (Å²) >= 11 is 6.02. The van der Waals surface area contributed by atoms with Crippen LogP contribution >= 0.6 is 11.6 Å². The molecule has 146 valence electrons. The van der Waals surface area contributed by atoms with Crippen LogP contribution in [-0.2, 0) is 0 Å². The lowest BCUT2D eigenvalue weighted by Gasteiger charge is -2.21. The second-order valence-electron chi connectivity index (χ2n) is 6.10. The molecule has 0 fully saturated rings. The lowest BCUT2D eigenvalue weighted by atomic mass is 10.1. The Morgan fingerprint density at radius 2 is 2.14 bits per heavy atom. The van der Waals surface area contributed by atoms with Crippen LogP contribution in [0.4, 0.5) is 15.0 Å². The number of aromatic nitrogens is 3. The van der Waals surface area contributed by atoms with Crippen LogP contribution in [0.3, 0.4) is 0 Å². The maximum Gasteiger partial charge on any atom is 0.405 e. The van der Waals surface area contributed by atoms with E-state index in [0.29, 0.717) is 18.5 Å². The van der Waals surface area contributed by atoms with E-state index in [1.807, 2.05) is 6.92 Å². The second-order valence-corrected chi connectivity index (χ2v) is 6.48. The number of nitrogens with two attached hydrogens (primary N) is 1. The van der Waals surface area contributed by atoms with Crippen LogP contribution < -0.4 is 16.6 Å². The van der Waals surface area contributed by atoms with Gasteiger partial charge in [0.25, 0.3) is 5.56 Å². The van der Waals surface area contributed by atoms with Crippen molar-refractivity contribution >= 4 is 34.4 Å². The molecular weight excluding hydrogens is 389 g/mol. The molecule has 4 N–H and O–H groups in total. The van der Waals surface area contributed by atoms with Crippen LogP contribution in [0.2, 0.25) is 5.02 Å². The standard InChI is InChI=1S/C18H17ClFN5O3/c1-2-3-12(24-18(27)28)16-23-11-6-5-10(20)15(19)14(11)17(26)25(16)9-4-7-13(21)22-8-9/h4-8,12,24H,2-3H2,1H3,(H2,21,22)(H,27,28). The number of hydrogen-bond donors (Lipinski definition) is 3.